The van der Waals surface area contributed by atoms with E-state index in [1.807, 2.05) is 30.3 Å². The number of aromatic nitrogens is 2. The maximum absolute atomic E-state index is 12.1. The molecular formula is C16H13N3O2S. The fraction of sp³-hybridized carbons (Fsp3) is 0.0625. The van der Waals surface area contributed by atoms with Crippen molar-refractivity contribution in [2.75, 3.05) is 0 Å². The van der Waals surface area contributed by atoms with Crippen LogP contribution in [0.15, 0.2) is 60.1 Å². The number of carbonyl (C=O) groups excluding carboxylic acids is 1. The molecule has 2 heterocycles. The highest BCUT2D eigenvalue weighted by Crippen LogP contribution is 2.23. The van der Waals surface area contributed by atoms with Gasteiger partial charge in [-0.15, -0.1) is 11.3 Å². The summed E-state index contributed by atoms with van der Waals surface area (Å²) in [4.78, 5) is 16.4. The van der Waals surface area contributed by atoms with E-state index >= 15 is 0 Å². The average molecular weight is 311 g/mol. The van der Waals surface area contributed by atoms with Crippen molar-refractivity contribution in [2.45, 2.75) is 6.54 Å². The average Bonchev–Trinajstić information content (AvgIpc) is 3.05. The van der Waals surface area contributed by atoms with Crippen molar-refractivity contribution in [1.29, 1.82) is 0 Å². The van der Waals surface area contributed by atoms with E-state index in [-0.39, 0.29) is 12.5 Å². The highest BCUT2D eigenvalue weighted by Gasteiger charge is 2.13. The number of rotatable bonds is 4. The number of carbonyl (C=O) groups is 1. The largest absolute Gasteiger partial charge is 0.618 e. The Bertz CT molecular complexity index is 787. The maximum Gasteiger partial charge on any atom is 0.271 e. The molecule has 0 spiro atoms. The minimum absolute atomic E-state index is 0.168. The Morgan fingerprint density at radius 1 is 1.18 bits per heavy atom. The lowest BCUT2D eigenvalue weighted by Gasteiger charge is -2.04. The molecule has 0 bridgehead atoms. The topological polar surface area (TPSA) is 68.9 Å². The number of nitrogens with one attached hydrogen (secondary N) is 1. The molecule has 6 heteroatoms. The molecule has 0 fully saturated rings. The summed E-state index contributed by atoms with van der Waals surface area (Å²) >= 11 is 1.42. The van der Waals surface area contributed by atoms with Crippen molar-refractivity contribution in [3.63, 3.8) is 0 Å². The van der Waals surface area contributed by atoms with E-state index in [1.54, 1.807) is 23.6 Å². The molecular weight excluding hydrogens is 298 g/mol. The first-order chi connectivity index (χ1) is 10.7. The van der Waals surface area contributed by atoms with Crippen LogP contribution in [0.1, 0.15) is 16.2 Å². The van der Waals surface area contributed by atoms with Gasteiger partial charge >= 0.3 is 0 Å². The summed E-state index contributed by atoms with van der Waals surface area (Å²) in [6.45, 7) is 0.168. The van der Waals surface area contributed by atoms with Crippen LogP contribution in [0.25, 0.3) is 10.6 Å². The van der Waals surface area contributed by atoms with Crippen LogP contribution in [0, 0.1) is 5.21 Å². The van der Waals surface area contributed by atoms with Crippen LogP contribution in [0.2, 0.25) is 0 Å². The van der Waals surface area contributed by atoms with Crippen molar-refractivity contribution in [3.8, 4) is 10.6 Å². The summed E-state index contributed by atoms with van der Waals surface area (Å²) in [5.41, 5.74) is 1.82. The SMILES string of the molecule is O=C(NCc1cccc[n+]1[O-])c1csc(-c2ccccc2)n1. The molecule has 0 saturated heterocycles. The van der Waals surface area contributed by atoms with Gasteiger partial charge in [0.1, 0.15) is 17.2 Å². The van der Waals surface area contributed by atoms with Crippen LogP contribution in [0.4, 0.5) is 0 Å². The highest BCUT2D eigenvalue weighted by molar-refractivity contribution is 7.13. The number of hydrogen-bond acceptors (Lipinski definition) is 4. The predicted molar refractivity (Wildman–Crippen MR) is 84.1 cm³/mol. The number of hydrogen-bond donors (Lipinski definition) is 1. The summed E-state index contributed by atoms with van der Waals surface area (Å²) in [6, 6.07) is 14.8. The number of nitrogens with zero attached hydrogens (tertiary/aromatic N) is 2. The lowest BCUT2D eigenvalue weighted by atomic mass is 10.2. The molecule has 1 aromatic carbocycles. The van der Waals surface area contributed by atoms with Gasteiger partial charge in [-0.2, -0.15) is 4.73 Å². The van der Waals surface area contributed by atoms with Crippen LogP contribution >= 0.6 is 11.3 Å². The summed E-state index contributed by atoms with van der Waals surface area (Å²) in [7, 11) is 0. The highest BCUT2D eigenvalue weighted by atomic mass is 32.1. The molecule has 3 aromatic rings. The normalized spacial score (nSPS) is 10.4. The predicted octanol–water partition coefficient (Wildman–Crippen LogP) is 2.37. The minimum atomic E-state index is -0.290. The number of pyridine rings is 1. The first-order valence-corrected chi connectivity index (χ1v) is 7.58. The molecule has 0 unspecified atom stereocenters. The zero-order valence-electron chi connectivity index (χ0n) is 11.6. The fourth-order valence-electron chi connectivity index (χ4n) is 1.95. The van der Waals surface area contributed by atoms with E-state index < -0.39 is 0 Å². The molecule has 1 amide bonds. The third-order valence-electron chi connectivity index (χ3n) is 3.09. The van der Waals surface area contributed by atoms with Crippen molar-refractivity contribution in [2.24, 2.45) is 0 Å². The smallest absolute Gasteiger partial charge is 0.271 e. The zero-order valence-corrected chi connectivity index (χ0v) is 12.4. The van der Waals surface area contributed by atoms with Crippen molar-refractivity contribution >= 4 is 17.2 Å². The van der Waals surface area contributed by atoms with E-state index in [4.69, 9.17) is 0 Å². The maximum atomic E-state index is 12.1. The Balaban J connectivity index is 1.69. The van der Waals surface area contributed by atoms with Gasteiger partial charge in [-0.1, -0.05) is 30.3 Å². The van der Waals surface area contributed by atoms with Crippen LogP contribution < -0.4 is 10.0 Å². The van der Waals surface area contributed by atoms with Crippen LogP contribution in [-0.4, -0.2) is 10.9 Å². The third-order valence-corrected chi connectivity index (χ3v) is 3.98. The molecule has 0 radical (unpaired) electrons. The van der Waals surface area contributed by atoms with E-state index in [1.165, 1.54) is 17.5 Å². The van der Waals surface area contributed by atoms with E-state index in [9.17, 15) is 10.0 Å². The Hall–Kier alpha value is -2.73. The van der Waals surface area contributed by atoms with Gasteiger partial charge in [-0.05, 0) is 6.07 Å². The molecule has 22 heavy (non-hydrogen) atoms. The molecule has 110 valence electrons. The zero-order chi connectivity index (χ0) is 15.4. The lowest BCUT2D eigenvalue weighted by Crippen LogP contribution is -2.35. The fourth-order valence-corrected chi connectivity index (χ4v) is 2.76. The minimum Gasteiger partial charge on any atom is -0.618 e. The van der Waals surface area contributed by atoms with Crippen molar-refractivity contribution in [1.82, 2.24) is 10.3 Å². The van der Waals surface area contributed by atoms with Crippen molar-refractivity contribution < 1.29 is 9.52 Å². The second kappa shape index (κ2) is 6.36. The number of benzene rings is 1. The second-order valence-corrected chi connectivity index (χ2v) is 5.46. The first-order valence-electron chi connectivity index (χ1n) is 6.70. The summed E-state index contributed by atoms with van der Waals surface area (Å²) in [5.74, 6) is -0.290. The summed E-state index contributed by atoms with van der Waals surface area (Å²) < 4.78 is 0.733. The van der Waals surface area contributed by atoms with Gasteiger partial charge in [0.25, 0.3) is 5.91 Å². The second-order valence-electron chi connectivity index (χ2n) is 4.60. The van der Waals surface area contributed by atoms with E-state index in [0.29, 0.717) is 11.4 Å². The molecule has 0 aliphatic carbocycles. The van der Waals surface area contributed by atoms with Crippen LogP contribution in [0.3, 0.4) is 0 Å². The molecule has 0 aliphatic rings. The Morgan fingerprint density at radius 2 is 1.95 bits per heavy atom. The molecule has 1 N–H and O–H groups in total. The number of thiazole rings is 1. The molecule has 3 rings (SSSR count). The first kappa shape index (κ1) is 14.2. The standard InChI is InChI=1S/C16H13N3O2S/c20-15(17-10-13-8-4-5-9-19(13)21)14-11-22-16(18-14)12-6-2-1-3-7-12/h1-9,11H,10H2,(H,17,20). The quantitative estimate of drug-likeness (QED) is 0.594. The van der Waals surface area contributed by atoms with Gasteiger partial charge in [0.2, 0.25) is 5.69 Å². The number of amides is 1. The van der Waals surface area contributed by atoms with E-state index in [0.717, 1.165) is 15.3 Å². The molecule has 5 nitrogen and oxygen atoms in total. The van der Waals surface area contributed by atoms with Gasteiger partial charge in [0.05, 0.1) is 0 Å². The summed E-state index contributed by atoms with van der Waals surface area (Å²) in [5, 5.41) is 16.7. The Morgan fingerprint density at radius 3 is 2.73 bits per heavy atom. The Labute approximate surface area is 131 Å². The van der Waals surface area contributed by atoms with Crippen molar-refractivity contribution in [3.05, 3.63) is 76.7 Å². The lowest BCUT2D eigenvalue weighted by molar-refractivity contribution is -0.614. The molecule has 0 saturated carbocycles. The van der Waals surface area contributed by atoms with Gasteiger partial charge in [0, 0.05) is 23.1 Å². The van der Waals surface area contributed by atoms with Gasteiger partial charge in [-0.25, -0.2) is 4.98 Å². The van der Waals surface area contributed by atoms with Gasteiger partial charge < -0.3 is 10.5 Å². The van der Waals surface area contributed by atoms with Crippen LogP contribution in [-0.2, 0) is 6.54 Å². The monoisotopic (exact) mass is 311 g/mol. The Kier molecular flexibility index (Phi) is 4.11. The molecule has 0 aliphatic heterocycles. The summed E-state index contributed by atoms with van der Waals surface area (Å²) in [6.07, 6.45) is 1.40. The van der Waals surface area contributed by atoms with E-state index in [2.05, 4.69) is 10.3 Å². The van der Waals surface area contributed by atoms with Crippen LogP contribution in [0.5, 0.6) is 0 Å². The molecule has 0 atom stereocenters. The van der Waals surface area contributed by atoms with Gasteiger partial charge in [0.15, 0.2) is 6.20 Å². The third kappa shape index (κ3) is 3.12. The molecule has 2 aromatic heterocycles. The van der Waals surface area contributed by atoms with Gasteiger partial charge in [-0.3, -0.25) is 4.79 Å².